The van der Waals surface area contributed by atoms with Gasteiger partial charge < -0.3 is 25.2 Å². The summed E-state index contributed by atoms with van der Waals surface area (Å²) in [5.74, 6) is -0.773. The molecule has 102 valence electrons. The molecule has 5 nitrogen and oxygen atoms in total. The SMILES string of the molecule is OC1(O)CCCO1.OCC1CCC(CO)CC1. The van der Waals surface area contributed by atoms with Gasteiger partial charge in [0.15, 0.2) is 0 Å². The second-order valence-corrected chi connectivity index (χ2v) is 4.95. The zero-order chi connectivity index (χ0) is 12.7. The van der Waals surface area contributed by atoms with Crippen LogP contribution in [0.25, 0.3) is 0 Å². The fraction of sp³-hybridized carbons (Fsp3) is 1.00. The van der Waals surface area contributed by atoms with Gasteiger partial charge in [-0.3, -0.25) is 0 Å². The summed E-state index contributed by atoms with van der Waals surface area (Å²) in [6.45, 7) is 1.13. The predicted octanol–water partition coefficient (Wildman–Crippen LogP) is 0.213. The topological polar surface area (TPSA) is 90.2 Å². The van der Waals surface area contributed by atoms with Crippen molar-refractivity contribution in [3.05, 3.63) is 0 Å². The van der Waals surface area contributed by atoms with Gasteiger partial charge in [-0.25, -0.2) is 0 Å². The average molecular weight is 248 g/mol. The molecular formula is C12H24O5. The molecule has 0 aromatic heterocycles. The molecular weight excluding hydrogens is 224 g/mol. The maximum atomic E-state index is 8.79. The van der Waals surface area contributed by atoms with Crippen molar-refractivity contribution in [3.8, 4) is 0 Å². The van der Waals surface area contributed by atoms with Crippen molar-refractivity contribution in [3.63, 3.8) is 0 Å². The largest absolute Gasteiger partial charge is 0.396 e. The molecule has 0 unspecified atom stereocenters. The zero-order valence-electron chi connectivity index (χ0n) is 10.2. The summed E-state index contributed by atoms with van der Waals surface area (Å²) in [5, 5.41) is 34.6. The molecule has 1 aliphatic carbocycles. The maximum Gasteiger partial charge on any atom is 0.277 e. The minimum atomic E-state index is -1.81. The van der Waals surface area contributed by atoms with E-state index in [0.717, 1.165) is 32.1 Å². The van der Waals surface area contributed by atoms with E-state index < -0.39 is 5.97 Å². The lowest BCUT2D eigenvalue weighted by molar-refractivity contribution is -0.313. The van der Waals surface area contributed by atoms with Gasteiger partial charge in [-0.15, -0.1) is 0 Å². The molecule has 1 aliphatic heterocycles. The van der Waals surface area contributed by atoms with Gasteiger partial charge in [0.05, 0.1) is 6.61 Å². The molecule has 5 heteroatoms. The quantitative estimate of drug-likeness (QED) is 0.525. The molecule has 2 fully saturated rings. The minimum absolute atomic E-state index is 0.331. The van der Waals surface area contributed by atoms with Crippen LogP contribution in [0.4, 0.5) is 0 Å². The molecule has 0 amide bonds. The van der Waals surface area contributed by atoms with Gasteiger partial charge in [-0.2, -0.15) is 0 Å². The molecule has 2 aliphatic rings. The normalized spacial score (nSPS) is 31.8. The number of aliphatic hydroxyl groups excluding tert-OH is 2. The Balaban J connectivity index is 0.000000181. The fourth-order valence-electron chi connectivity index (χ4n) is 2.21. The Kier molecular flexibility index (Phi) is 6.37. The summed E-state index contributed by atoms with van der Waals surface area (Å²) < 4.78 is 4.45. The summed E-state index contributed by atoms with van der Waals surface area (Å²) in [6, 6.07) is 0. The Morgan fingerprint density at radius 3 is 1.59 bits per heavy atom. The van der Waals surface area contributed by atoms with Crippen molar-refractivity contribution in [1.82, 2.24) is 0 Å². The van der Waals surface area contributed by atoms with E-state index in [2.05, 4.69) is 4.74 Å². The van der Waals surface area contributed by atoms with E-state index in [9.17, 15) is 0 Å². The molecule has 0 bridgehead atoms. The second kappa shape index (κ2) is 7.28. The number of ether oxygens (including phenoxy) is 1. The van der Waals surface area contributed by atoms with E-state index in [-0.39, 0.29) is 0 Å². The maximum absolute atomic E-state index is 8.79. The van der Waals surface area contributed by atoms with Crippen LogP contribution in [0.1, 0.15) is 38.5 Å². The first-order valence-corrected chi connectivity index (χ1v) is 6.38. The van der Waals surface area contributed by atoms with Gasteiger partial charge in [-0.05, 0) is 43.9 Å². The van der Waals surface area contributed by atoms with Crippen LogP contribution in [-0.2, 0) is 4.74 Å². The standard InChI is InChI=1S/C8H16O2.C4H8O3/c9-5-7-1-2-8(6-10)4-3-7;5-4(6)2-1-3-7-4/h7-10H,1-6H2;5-6H,1-3H2. The third-order valence-corrected chi connectivity index (χ3v) is 3.46. The molecule has 0 atom stereocenters. The van der Waals surface area contributed by atoms with E-state index in [1.165, 1.54) is 0 Å². The second-order valence-electron chi connectivity index (χ2n) is 4.95. The molecule has 1 saturated carbocycles. The molecule has 17 heavy (non-hydrogen) atoms. The van der Waals surface area contributed by atoms with E-state index in [0.29, 0.717) is 38.1 Å². The number of hydrogen-bond acceptors (Lipinski definition) is 5. The molecule has 0 radical (unpaired) electrons. The zero-order valence-corrected chi connectivity index (χ0v) is 10.2. The number of hydrogen-bond donors (Lipinski definition) is 4. The van der Waals surface area contributed by atoms with Crippen LogP contribution in [0.2, 0.25) is 0 Å². The average Bonchev–Trinajstić information content (AvgIpc) is 2.75. The van der Waals surface area contributed by atoms with Crippen molar-refractivity contribution in [1.29, 1.82) is 0 Å². The monoisotopic (exact) mass is 248 g/mol. The summed E-state index contributed by atoms with van der Waals surface area (Å²) in [4.78, 5) is 0. The van der Waals surface area contributed by atoms with Gasteiger partial charge in [0.2, 0.25) is 0 Å². The molecule has 1 saturated heterocycles. The van der Waals surface area contributed by atoms with Crippen LogP contribution >= 0.6 is 0 Å². The lowest BCUT2D eigenvalue weighted by Crippen LogP contribution is -2.25. The highest BCUT2D eigenvalue weighted by Crippen LogP contribution is 2.27. The summed E-state index contributed by atoms with van der Waals surface area (Å²) in [7, 11) is 0. The van der Waals surface area contributed by atoms with Crippen LogP contribution in [0.5, 0.6) is 0 Å². The molecule has 0 aromatic carbocycles. The van der Waals surface area contributed by atoms with Crippen molar-refractivity contribution in [2.45, 2.75) is 44.5 Å². The first kappa shape index (κ1) is 14.9. The first-order valence-electron chi connectivity index (χ1n) is 6.38. The van der Waals surface area contributed by atoms with Crippen molar-refractivity contribution in [2.24, 2.45) is 11.8 Å². The number of aliphatic hydroxyl groups is 4. The van der Waals surface area contributed by atoms with Crippen LogP contribution in [0, 0.1) is 11.8 Å². The number of rotatable bonds is 2. The molecule has 0 spiro atoms. The fourth-order valence-corrected chi connectivity index (χ4v) is 2.21. The van der Waals surface area contributed by atoms with Crippen molar-refractivity contribution < 1.29 is 25.2 Å². The summed E-state index contributed by atoms with van der Waals surface area (Å²) in [5.41, 5.74) is 0. The Morgan fingerprint density at radius 2 is 1.41 bits per heavy atom. The molecule has 1 heterocycles. The van der Waals surface area contributed by atoms with Gasteiger partial charge in [0.25, 0.3) is 5.97 Å². The Labute approximate surface area is 102 Å². The summed E-state index contributed by atoms with van der Waals surface area (Å²) >= 11 is 0. The highest BCUT2D eigenvalue weighted by Gasteiger charge is 2.28. The molecule has 2 rings (SSSR count). The van der Waals surface area contributed by atoms with Crippen LogP contribution in [-0.4, -0.2) is 46.2 Å². The molecule has 0 aromatic rings. The smallest absolute Gasteiger partial charge is 0.277 e. The van der Waals surface area contributed by atoms with E-state index in [4.69, 9.17) is 20.4 Å². The Hall–Kier alpha value is -0.200. The van der Waals surface area contributed by atoms with Crippen LogP contribution < -0.4 is 0 Å². The van der Waals surface area contributed by atoms with Gasteiger partial charge in [0.1, 0.15) is 0 Å². The predicted molar refractivity (Wildman–Crippen MR) is 62.0 cm³/mol. The Morgan fingerprint density at radius 1 is 0.941 bits per heavy atom. The van der Waals surface area contributed by atoms with Crippen LogP contribution in [0.3, 0.4) is 0 Å². The third-order valence-electron chi connectivity index (χ3n) is 3.46. The highest BCUT2D eigenvalue weighted by atomic mass is 16.8. The minimum Gasteiger partial charge on any atom is -0.396 e. The first-order chi connectivity index (χ1) is 8.07. The summed E-state index contributed by atoms with van der Waals surface area (Å²) in [6.07, 6.45) is 5.48. The van der Waals surface area contributed by atoms with Gasteiger partial charge >= 0.3 is 0 Å². The third kappa shape index (κ3) is 5.79. The van der Waals surface area contributed by atoms with E-state index in [1.54, 1.807) is 0 Å². The van der Waals surface area contributed by atoms with E-state index >= 15 is 0 Å². The Bertz CT molecular complexity index is 179. The lowest BCUT2D eigenvalue weighted by Gasteiger charge is -2.25. The lowest BCUT2D eigenvalue weighted by atomic mass is 9.83. The van der Waals surface area contributed by atoms with E-state index in [1.807, 2.05) is 0 Å². The van der Waals surface area contributed by atoms with Crippen molar-refractivity contribution in [2.75, 3.05) is 19.8 Å². The molecule has 4 N–H and O–H groups in total. The van der Waals surface area contributed by atoms with Gasteiger partial charge in [0, 0.05) is 19.6 Å². The van der Waals surface area contributed by atoms with Crippen LogP contribution in [0.15, 0.2) is 0 Å². The highest BCUT2D eigenvalue weighted by molar-refractivity contribution is 4.70. The van der Waals surface area contributed by atoms with Crippen molar-refractivity contribution >= 4 is 0 Å². The van der Waals surface area contributed by atoms with Gasteiger partial charge in [-0.1, -0.05) is 0 Å².